The van der Waals surface area contributed by atoms with Gasteiger partial charge in [0, 0.05) is 5.56 Å². The highest BCUT2D eigenvalue weighted by atomic mass is 32.1. The molecule has 6 heteroatoms. The molecule has 1 aromatic carbocycles. The van der Waals surface area contributed by atoms with Crippen molar-refractivity contribution in [3.05, 3.63) is 41.4 Å². The molecule has 1 fully saturated rings. The van der Waals surface area contributed by atoms with Gasteiger partial charge in [-0.05, 0) is 12.3 Å². The Bertz CT molecular complexity index is 680. The molecular formula is C16H16N2O3S. The summed E-state index contributed by atoms with van der Waals surface area (Å²) in [5.74, 6) is -0.913. The Balaban J connectivity index is 1.69. The molecule has 5 nitrogen and oxygen atoms in total. The summed E-state index contributed by atoms with van der Waals surface area (Å²) in [6.45, 7) is 0. The first-order valence-electron chi connectivity index (χ1n) is 7.18. The number of nitrogens with zero attached hydrogens (tertiary/aromatic N) is 1. The van der Waals surface area contributed by atoms with Gasteiger partial charge in [-0.15, -0.1) is 11.3 Å². The first-order chi connectivity index (χ1) is 10.6. The molecule has 1 saturated carbocycles. The summed E-state index contributed by atoms with van der Waals surface area (Å²) in [7, 11) is 0. The van der Waals surface area contributed by atoms with Crippen LogP contribution in [-0.4, -0.2) is 28.0 Å². The van der Waals surface area contributed by atoms with Gasteiger partial charge in [0.1, 0.15) is 15.9 Å². The lowest BCUT2D eigenvalue weighted by molar-refractivity contribution is -0.139. The normalized spacial score (nSPS) is 15.3. The number of benzene rings is 1. The Kier molecular flexibility index (Phi) is 4.20. The molecule has 0 aliphatic heterocycles. The Hall–Kier alpha value is -2.21. The minimum atomic E-state index is -0.979. The third-order valence-electron chi connectivity index (χ3n) is 3.62. The van der Waals surface area contributed by atoms with E-state index in [1.165, 1.54) is 17.5 Å². The number of hydrogen-bond donors (Lipinski definition) is 2. The van der Waals surface area contributed by atoms with Gasteiger partial charge >= 0.3 is 5.97 Å². The predicted octanol–water partition coefficient (Wildman–Crippen LogP) is 2.79. The fraction of sp³-hybridized carbons (Fsp3) is 0.312. The minimum absolute atomic E-state index is 0.368. The number of amides is 1. The minimum Gasteiger partial charge on any atom is -0.480 e. The molecule has 0 bridgehead atoms. The second kappa shape index (κ2) is 6.27. The Morgan fingerprint density at radius 2 is 2.05 bits per heavy atom. The van der Waals surface area contributed by atoms with Crippen molar-refractivity contribution in [2.24, 2.45) is 5.92 Å². The van der Waals surface area contributed by atoms with E-state index >= 15 is 0 Å². The number of carboxylic acids is 1. The van der Waals surface area contributed by atoms with Crippen LogP contribution in [0.25, 0.3) is 10.6 Å². The van der Waals surface area contributed by atoms with Gasteiger partial charge in [0.2, 0.25) is 0 Å². The predicted molar refractivity (Wildman–Crippen MR) is 83.8 cm³/mol. The van der Waals surface area contributed by atoms with Gasteiger partial charge in [0.05, 0.1) is 6.20 Å². The van der Waals surface area contributed by atoms with E-state index in [0.29, 0.717) is 17.2 Å². The molecule has 1 aliphatic carbocycles. The van der Waals surface area contributed by atoms with E-state index in [1.807, 2.05) is 30.3 Å². The zero-order chi connectivity index (χ0) is 15.5. The van der Waals surface area contributed by atoms with Gasteiger partial charge in [0.25, 0.3) is 5.91 Å². The molecule has 0 saturated heterocycles. The molecular weight excluding hydrogens is 300 g/mol. The maximum atomic E-state index is 12.2. The molecule has 3 rings (SSSR count). The fourth-order valence-electron chi connectivity index (χ4n) is 2.23. The second-order valence-corrected chi connectivity index (χ2v) is 6.47. The molecule has 1 atom stereocenters. The van der Waals surface area contributed by atoms with E-state index in [1.54, 1.807) is 0 Å². The third-order valence-corrected chi connectivity index (χ3v) is 4.66. The quantitative estimate of drug-likeness (QED) is 0.859. The Morgan fingerprint density at radius 1 is 1.32 bits per heavy atom. The zero-order valence-electron chi connectivity index (χ0n) is 11.9. The van der Waals surface area contributed by atoms with Gasteiger partial charge in [-0.25, -0.2) is 9.78 Å². The van der Waals surface area contributed by atoms with Crippen molar-refractivity contribution < 1.29 is 14.7 Å². The summed E-state index contributed by atoms with van der Waals surface area (Å²) >= 11 is 1.27. The zero-order valence-corrected chi connectivity index (χ0v) is 12.7. The van der Waals surface area contributed by atoms with Crippen molar-refractivity contribution in [3.8, 4) is 10.6 Å². The molecule has 1 heterocycles. The number of nitrogens with one attached hydrogen (secondary N) is 1. The summed E-state index contributed by atoms with van der Waals surface area (Å²) in [5.41, 5.74) is 0.944. The van der Waals surface area contributed by atoms with Crippen LogP contribution in [0.1, 0.15) is 28.9 Å². The molecule has 114 valence electrons. The van der Waals surface area contributed by atoms with E-state index in [9.17, 15) is 14.7 Å². The highest BCUT2D eigenvalue weighted by Crippen LogP contribution is 2.33. The molecule has 1 amide bonds. The highest BCUT2D eigenvalue weighted by molar-refractivity contribution is 7.16. The summed E-state index contributed by atoms with van der Waals surface area (Å²) < 4.78 is 0. The summed E-state index contributed by atoms with van der Waals surface area (Å²) in [6, 6.07) is 8.77. The Labute approximate surface area is 132 Å². The average molecular weight is 316 g/mol. The standard InChI is InChI=1S/C16H16N2O3S/c19-14(18-12(16(20)21)8-10-6-7-10)13-9-17-15(22-13)11-4-2-1-3-5-11/h1-5,9-10,12H,6-8H2,(H,18,19)(H,20,21). The number of rotatable bonds is 6. The lowest BCUT2D eigenvalue weighted by Gasteiger charge is -2.12. The maximum absolute atomic E-state index is 12.2. The number of aliphatic carboxylic acids is 1. The van der Waals surface area contributed by atoms with Crippen LogP contribution in [0.2, 0.25) is 0 Å². The fourth-order valence-corrected chi connectivity index (χ4v) is 3.06. The second-order valence-electron chi connectivity index (χ2n) is 5.44. The van der Waals surface area contributed by atoms with Gasteiger partial charge in [-0.3, -0.25) is 4.79 Å². The van der Waals surface area contributed by atoms with Gasteiger partial charge in [-0.1, -0.05) is 43.2 Å². The first kappa shape index (κ1) is 14.7. The molecule has 2 aromatic rings. The number of aromatic nitrogens is 1. The van der Waals surface area contributed by atoms with E-state index < -0.39 is 12.0 Å². The average Bonchev–Trinajstić information content (AvgIpc) is 3.20. The SMILES string of the molecule is O=C(NC(CC1CC1)C(=O)O)c1cnc(-c2ccccc2)s1. The van der Waals surface area contributed by atoms with Gasteiger partial charge in [0.15, 0.2) is 0 Å². The molecule has 1 aliphatic rings. The van der Waals surface area contributed by atoms with Gasteiger partial charge in [-0.2, -0.15) is 0 Å². The van der Waals surface area contributed by atoms with E-state index in [2.05, 4.69) is 10.3 Å². The smallest absolute Gasteiger partial charge is 0.326 e. The molecule has 1 aromatic heterocycles. The van der Waals surface area contributed by atoms with Crippen LogP contribution in [0.15, 0.2) is 36.5 Å². The third kappa shape index (κ3) is 3.51. The van der Waals surface area contributed by atoms with Crippen molar-refractivity contribution in [1.82, 2.24) is 10.3 Å². The van der Waals surface area contributed by atoms with Crippen LogP contribution < -0.4 is 5.32 Å². The monoisotopic (exact) mass is 316 g/mol. The van der Waals surface area contributed by atoms with Crippen LogP contribution in [-0.2, 0) is 4.79 Å². The number of carbonyl (C=O) groups excluding carboxylic acids is 1. The van der Waals surface area contributed by atoms with E-state index in [-0.39, 0.29) is 5.91 Å². The Morgan fingerprint density at radius 3 is 2.68 bits per heavy atom. The van der Waals surface area contributed by atoms with Crippen molar-refractivity contribution >= 4 is 23.2 Å². The van der Waals surface area contributed by atoms with Gasteiger partial charge < -0.3 is 10.4 Å². The number of thiazole rings is 1. The van der Waals surface area contributed by atoms with E-state index in [0.717, 1.165) is 23.4 Å². The van der Waals surface area contributed by atoms with Crippen molar-refractivity contribution in [2.45, 2.75) is 25.3 Å². The van der Waals surface area contributed by atoms with Crippen LogP contribution in [0.5, 0.6) is 0 Å². The summed E-state index contributed by atoms with van der Waals surface area (Å²) in [5, 5.41) is 12.6. The number of hydrogen-bond acceptors (Lipinski definition) is 4. The van der Waals surface area contributed by atoms with Crippen molar-refractivity contribution in [1.29, 1.82) is 0 Å². The molecule has 0 spiro atoms. The number of carbonyl (C=O) groups is 2. The van der Waals surface area contributed by atoms with Crippen LogP contribution >= 0.6 is 11.3 Å². The largest absolute Gasteiger partial charge is 0.480 e. The van der Waals surface area contributed by atoms with Crippen molar-refractivity contribution in [2.75, 3.05) is 0 Å². The number of carboxylic acid groups (broad SMARTS) is 1. The lowest BCUT2D eigenvalue weighted by Crippen LogP contribution is -2.40. The van der Waals surface area contributed by atoms with Crippen LogP contribution in [0, 0.1) is 5.92 Å². The molecule has 2 N–H and O–H groups in total. The molecule has 22 heavy (non-hydrogen) atoms. The topological polar surface area (TPSA) is 79.3 Å². The summed E-state index contributed by atoms with van der Waals surface area (Å²) in [4.78, 5) is 28.1. The summed E-state index contributed by atoms with van der Waals surface area (Å²) in [6.07, 6.45) is 4.11. The highest BCUT2D eigenvalue weighted by Gasteiger charge is 2.30. The van der Waals surface area contributed by atoms with Crippen molar-refractivity contribution in [3.63, 3.8) is 0 Å². The molecule has 0 radical (unpaired) electrons. The lowest BCUT2D eigenvalue weighted by atomic mass is 10.1. The van der Waals surface area contributed by atoms with Crippen LogP contribution in [0.4, 0.5) is 0 Å². The maximum Gasteiger partial charge on any atom is 0.326 e. The first-order valence-corrected chi connectivity index (χ1v) is 8.00. The van der Waals surface area contributed by atoms with Crippen LogP contribution in [0.3, 0.4) is 0 Å². The molecule has 1 unspecified atom stereocenters. The van der Waals surface area contributed by atoms with E-state index in [4.69, 9.17) is 0 Å².